The first kappa shape index (κ1) is 16.0. The van der Waals surface area contributed by atoms with Crippen LogP contribution in [0.1, 0.15) is 5.56 Å². The van der Waals surface area contributed by atoms with Crippen LogP contribution in [-0.4, -0.2) is 24.6 Å². The molecule has 0 atom stereocenters. The third-order valence-corrected chi connectivity index (χ3v) is 3.90. The Labute approximate surface area is 138 Å². The molecule has 2 heterocycles. The van der Waals surface area contributed by atoms with Gasteiger partial charge in [0, 0.05) is 36.3 Å². The fourth-order valence-corrected chi connectivity index (χ4v) is 2.45. The van der Waals surface area contributed by atoms with Crippen molar-refractivity contribution < 1.29 is 22.3 Å². The van der Waals surface area contributed by atoms with Gasteiger partial charge in [-0.05, 0) is 18.2 Å². The van der Waals surface area contributed by atoms with Crippen LogP contribution in [-0.2, 0) is 16.4 Å². The highest BCUT2D eigenvalue weighted by Gasteiger charge is 2.13. The van der Waals surface area contributed by atoms with E-state index in [2.05, 4.69) is 9.97 Å². The predicted molar refractivity (Wildman–Crippen MR) is 84.7 cm³/mol. The fraction of sp³-hybridized carbons (Fsp3) is 0.125. The smallest absolute Gasteiger partial charge is 0.321 e. The number of nitrogens with zero attached hydrogens (tertiary/aromatic N) is 2. The summed E-state index contributed by atoms with van der Waals surface area (Å²) in [6, 6.07) is 10.3. The van der Waals surface area contributed by atoms with Crippen LogP contribution < -0.4 is 9.47 Å². The van der Waals surface area contributed by atoms with Gasteiger partial charge < -0.3 is 13.9 Å². The molecular weight excluding hydrogens is 332 g/mol. The molecule has 124 valence electrons. The average Bonchev–Trinajstić information content (AvgIpc) is 3.04. The minimum absolute atomic E-state index is 0.0839. The van der Waals surface area contributed by atoms with Gasteiger partial charge >= 0.3 is 6.01 Å². The van der Waals surface area contributed by atoms with Gasteiger partial charge in [0.15, 0.2) is 0 Å². The topological polar surface area (TPSA) is 91.5 Å². The molecule has 1 aromatic carbocycles. The summed E-state index contributed by atoms with van der Waals surface area (Å²) in [4.78, 5) is 7.96. The molecule has 0 unspecified atom stereocenters. The molecule has 0 aliphatic rings. The van der Waals surface area contributed by atoms with Crippen molar-refractivity contribution in [2.75, 3.05) is 6.26 Å². The van der Waals surface area contributed by atoms with Crippen LogP contribution in [0.3, 0.4) is 0 Å². The molecule has 0 aliphatic carbocycles. The van der Waals surface area contributed by atoms with Crippen LogP contribution in [0.4, 0.5) is 0 Å². The molecule has 7 nitrogen and oxygen atoms in total. The fourth-order valence-electron chi connectivity index (χ4n) is 1.86. The Morgan fingerprint density at radius 3 is 2.54 bits per heavy atom. The van der Waals surface area contributed by atoms with Crippen LogP contribution in [0, 0.1) is 0 Å². The van der Waals surface area contributed by atoms with E-state index in [0.29, 0.717) is 17.1 Å². The number of rotatable bonds is 6. The molecule has 0 amide bonds. The predicted octanol–water partition coefficient (Wildman–Crippen LogP) is 2.84. The van der Waals surface area contributed by atoms with Gasteiger partial charge in [-0.2, -0.15) is 0 Å². The second-order valence-electron chi connectivity index (χ2n) is 4.94. The molecule has 0 saturated carbocycles. The van der Waals surface area contributed by atoms with E-state index in [1.54, 1.807) is 42.7 Å². The lowest BCUT2D eigenvalue weighted by Crippen LogP contribution is -1.96. The second kappa shape index (κ2) is 6.71. The number of sulfone groups is 1. The molecule has 0 fully saturated rings. The number of hydrogen-bond acceptors (Lipinski definition) is 7. The van der Waals surface area contributed by atoms with Gasteiger partial charge in [0.05, 0.1) is 6.26 Å². The van der Waals surface area contributed by atoms with Crippen molar-refractivity contribution in [1.29, 1.82) is 0 Å². The summed E-state index contributed by atoms with van der Waals surface area (Å²) in [5.74, 6) is 1.09. The maximum absolute atomic E-state index is 11.4. The third-order valence-electron chi connectivity index (χ3n) is 2.96. The molecule has 3 aromatic rings. The first-order valence-corrected chi connectivity index (χ1v) is 8.85. The SMILES string of the molecule is CS(=O)(=O)c1cc(COc2cccc(Oc3ncccn3)c2)co1. The van der Waals surface area contributed by atoms with Crippen molar-refractivity contribution in [3.8, 4) is 17.5 Å². The summed E-state index contributed by atoms with van der Waals surface area (Å²) in [7, 11) is -3.36. The molecule has 0 bridgehead atoms. The van der Waals surface area contributed by atoms with Gasteiger partial charge in [0.2, 0.25) is 14.9 Å². The molecule has 0 aliphatic heterocycles. The van der Waals surface area contributed by atoms with E-state index in [4.69, 9.17) is 13.9 Å². The van der Waals surface area contributed by atoms with Crippen molar-refractivity contribution in [3.05, 3.63) is 60.6 Å². The van der Waals surface area contributed by atoms with Crippen molar-refractivity contribution >= 4 is 9.84 Å². The van der Waals surface area contributed by atoms with Gasteiger partial charge in [-0.15, -0.1) is 0 Å². The molecule has 0 radical (unpaired) electrons. The minimum Gasteiger partial charge on any atom is -0.489 e. The number of ether oxygens (including phenoxy) is 2. The Morgan fingerprint density at radius 1 is 1.08 bits per heavy atom. The van der Waals surface area contributed by atoms with Crippen LogP contribution in [0.2, 0.25) is 0 Å². The first-order chi connectivity index (χ1) is 11.5. The van der Waals surface area contributed by atoms with Crippen LogP contribution in [0.15, 0.2) is 64.6 Å². The van der Waals surface area contributed by atoms with Crippen molar-refractivity contribution in [1.82, 2.24) is 9.97 Å². The van der Waals surface area contributed by atoms with Gasteiger partial charge in [0.25, 0.3) is 0 Å². The van der Waals surface area contributed by atoms with Crippen molar-refractivity contribution in [3.63, 3.8) is 0 Å². The largest absolute Gasteiger partial charge is 0.489 e. The highest BCUT2D eigenvalue weighted by Crippen LogP contribution is 2.24. The lowest BCUT2D eigenvalue weighted by Gasteiger charge is -2.07. The quantitative estimate of drug-likeness (QED) is 0.677. The zero-order chi connectivity index (χ0) is 17.0. The average molecular weight is 346 g/mol. The van der Waals surface area contributed by atoms with E-state index >= 15 is 0 Å². The lowest BCUT2D eigenvalue weighted by atomic mass is 10.3. The Hall–Kier alpha value is -2.87. The zero-order valence-electron chi connectivity index (χ0n) is 12.7. The minimum atomic E-state index is -3.36. The summed E-state index contributed by atoms with van der Waals surface area (Å²) in [6.07, 6.45) is 5.61. The van der Waals surface area contributed by atoms with E-state index in [9.17, 15) is 8.42 Å². The van der Waals surface area contributed by atoms with Crippen LogP contribution in [0.5, 0.6) is 17.5 Å². The van der Waals surface area contributed by atoms with E-state index in [0.717, 1.165) is 6.26 Å². The number of hydrogen-bond donors (Lipinski definition) is 0. The summed E-state index contributed by atoms with van der Waals surface area (Å²) in [6.45, 7) is 0.171. The van der Waals surface area contributed by atoms with Crippen molar-refractivity contribution in [2.45, 2.75) is 11.7 Å². The van der Waals surface area contributed by atoms with Crippen molar-refractivity contribution in [2.24, 2.45) is 0 Å². The standard InChI is InChI=1S/C16H14N2O5S/c1-24(19,20)15-8-12(11-22-15)10-21-13-4-2-5-14(9-13)23-16-17-6-3-7-18-16/h2-9,11H,10H2,1H3. The second-order valence-corrected chi connectivity index (χ2v) is 6.89. The molecule has 3 rings (SSSR count). The van der Waals surface area contributed by atoms with Crippen LogP contribution >= 0.6 is 0 Å². The third kappa shape index (κ3) is 4.11. The van der Waals surface area contributed by atoms with Gasteiger partial charge in [-0.1, -0.05) is 6.07 Å². The highest BCUT2D eigenvalue weighted by atomic mass is 32.2. The van der Waals surface area contributed by atoms with Gasteiger partial charge in [0.1, 0.15) is 18.1 Å². The monoisotopic (exact) mass is 346 g/mol. The summed E-state index contributed by atoms with van der Waals surface area (Å²) >= 11 is 0. The normalized spacial score (nSPS) is 11.2. The Balaban J connectivity index is 1.65. The summed E-state index contributed by atoms with van der Waals surface area (Å²) in [5, 5.41) is -0.0839. The molecule has 0 N–H and O–H groups in total. The van der Waals surface area contributed by atoms with Gasteiger partial charge in [-0.3, -0.25) is 0 Å². The number of furan rings is 1. The van der Waals surface area contributed by atoms with E-state index in [1.807, 2.05) is 0 Å². The Kier molecular flexibility index (Phi) is 4.48. The molecule has 2 aromatic heterocycles. The van der Waals surface area contributed by atoms with E-state index < -0.39 is 9.84 Å². The summed E-state index contributed by atoms with van der Waals surface area (Å²) < 4.78 is 38.9. The molecule has 0 spiro atoms. The lowest BCUT2D eigenvalue weighted by molar-refractivity contribution is 0.302. The Morgan fingerprint density at radius 2 is 1.83 bits per heavy atom. The summed E-state index contributed by atoms with van der Waals surface area (Å²) in [5.41, 5.74) is 0.619. The number of benzene rings is 1. The Bertz CT molecular complexity index is 922. The molecular formula is C16H14N2O5S. The molecule has 24 heavy (non-hydrogen) atoms. The zero-order valence-corrected chi connectivity index (χ0v) is 13.6. The van der Waals surface area contributed by atoms with Gasteiger partial charge in [-0.25, -0.2) is 18.4 Å². The maximum Gasteiger partial charge on any atom is 0.321 e. The molecule has 8 heteroatoms. The van der Waals surface area contributed by atoms with E-state index in [-0.39, 0.29) is 17.7 Å². The van der Waals surface area contributed by atoms with Crippen LogP contribution in [0.25, 0.3) is 0 Å². The van der Waals surface area contributed by atoms with E-state index in [1.165, 1.54) is 12.3 Å². The molecule has 0 saturated heterocycles. The maximum atomic E-state index is 11.4. The highest BCUT2D eigenvalue weighted by molar-refractivity contribution is 7.90. The number of aromatic nitrogens is 2. The first-order valence-electron chi connectivity index (χ1n) is 6.96.